The second-order valence-corrected chi connectivity index (χ2v) is 7.72. The van der Waals surface area contributed by atoms with E-state index in [0.29, 0.717) is 17.3 Å². The molecule has 0 unspecified atom stereocenters. The van der Waals surface area contributed by atoms with Gasteiger partial charge < -0.3 is 10.2 Å². The molecule has 1 aliphatic rings. The minimum Gasteiger partial charge on any atom is -0.325 e. The van der Waals surface area contributed by atoms with Crippen molar-refractivity contribution < 1.29 is 9.59 Å². The summed E-state index contributed by atoms with van der Waals surface area (Å²) in [6.07, 6.45) is 1.06. The molecule has 6 heteroatoms. The third-order valence-electron chi connectivity index (χ3n) is 4.68. The third-order valence-corrected chi connectivity index (χ3v) is 5.88. The van der Waals surface area contributed by atoms with Gasteiger partial charge in [-0.2, -0.15) is 0 Å². The van der Waals surface area contributed by atoms with Gasteiger partial charge in [-0.3, -0.25) is 9.59 Å². The monoisotopic (exact) mass is 434 g/mol. The Labute approximate surface area is 166 Å². The van der Waals surface area contributed by atoms with Crippen molar-refractivity contribution in [2.45, 2.75) is 26.7 Å². The summed E-state index contributed by atoms with van der Waals surface area (Å²) in [5.74, 6) is -0.554. The molecule has 1 atom stereocenters. The van der Waals surface area contributed by atoms with Crippen molar-refractivity contribution in [3.63, 3.8) is 0 Å². The molecule has 2 amide bonds. The van der Waals surface area contributed by atoms with Gasteiger partial charge in [0, 0.05) is 28.8 Å². The van der Waals surface area contributed by atoms with E-state index in [-0.39, 0.29) is 24.2 Å². The minimum atomic E-state index is -0.380. The van der Waals surface area contributed by atoms with Gasteiger partial charge in [-0.25, -0.2) is 0 Å². The highest BCUT2D eigenvalue weighted by molar-refractivity contribution is 9.10. The van der Waals surface area contributed by atoms with Crippen molar-refractivity contribution in [2.24, 2.45) is 5.92 Å². The van der Waals surface area contributed by atoms with Crippen molar-refractivity contribution in [1.82, 2.24) is 0 Å². The molecule has 2 aromatic carbocycles. The molecule has 0 aromatic heterocycles. The Hall–Kier alpha value is -1.85. The van der Waals surface area contributed by atoms with Crippen LogP contribution >= 0.6 is 27.5 Å². The number of amides is 2. The topological polar surface area (TPSA) is 49.4 Å². The number of halogens is 2. The second-order valence-electron chi connectivity index (χ2n) is 6.46. The van der Waals surface area contributed by atoms with Crippen molar-refractivity contribution in [2.75, 3.05) is 16.8 Å². The lowest BCUT2D eigenvalue weighted by atomic mass is 10.1. The molecular weight excluding hydrogens is 416 g/mol. The number of carbonyl (C=O) groups excluding carboxylic acids is 2. The highest BCUT2D eigenvalue weighted by Crippen LogP contribution is 2.31. The van der Waals surface area contributed by atoms with E-state index in [1.165, 1.54) is 0 Å². The fourth-order valence-electron chi connectivity index (χ4n) is 3.20. The zero-order valence-electron chi connectivity index (χ0n) is 14.7. The van der Waals surface area contributed by atoms with Crippen LogP contribution in [-0.4, -0.2) is 18.4 Å². The van der Waals surface area contributed by atoms with E-state index in [0.717, 1.165) is 27.7 Å². The number of nitrogens with zero attached hydrogens (tertiary/aromatic N) is 1. The number of para-hydroxylation sites is 1. The van der Waals surface area contributed by atoms with Crippen molar-refractivity contribution in [3.05, 3.63) is 57.0 Å². The van der Waals surface area contributed by atoms with E-state index in [4.69, 9.17) is 11.6 Å². The minimum absolute atomic E-state index is 0.0170. The second kappa shape index (κ2) is 7.80. The zero-order chi connectivity index (χ0) is 18.8. The van der Waals surface area contributed by atoms with E-state index in [1.54, 1.807) is 11.0 Å². The number of benzene rings is 2. The molecule has 1 N–H and O–H groups in total. The number of hydrogen-bond donors (Lipinski definition) is 1. The molecule has 2 aromatic rings. The zero-order valence-corrected chi connectivity index (χ0v) is 17.0. The molecule has 0 spiro atoms. The highest BCUT2D eigenvalue weighted by atomic mass is 79.9. The summed E-state index contributed by atoms with van der Waals surface area (Å²) >= 11 is 9.50. The molecule has 4 nitrogen and oxygen atoms in total. The summed E-state index contributed by atoms with van der Waals surface area (Å²) in [5.41, 5.74) is 3.59. The van der Waals surface area contributed by atoms with Crippen LogP contribution in [-0.2, 0) is 16.0 Å². The van der Waals surface area contributed by atoms with Gasteiger partial charge in [0.15, 0.2) is 0 Å². The van der Waals surface area contributed by atoms with Crippen molar-refractivity contribution >= 4 is 50.7 Å². The van der Waals surface area contributed by atoms with Gasteiger partial charge in [0.05, 0.1) is 10.9 Å². The van der Waals surface area contributed by atoms with Crippen LogP contribution < -0.4 is 10.2 Å². The maximum atomic E-state index is 12.7. The fourth-order valence-corrected chi connectivity index (χ4v) is 3.83. The molecule has 1 aliphatic heterocycles. The van der Waals surface area contributed by atoms with Crippen molar-refractivity contribution in [3.8, 4) is 0 Å². The first-order valence-electron chi connectivity index (χ1n) is 8.55. The Bertz CT molecular complexity index is 869. The lowest BCUT2D eigenvalue weighted by Crippen LogP contribution is -2.28. The lowest BCUT2D eigenvalue weighted by Gasteiger charge is -2.20. The Morgan fingerprint density at radius 2 is 2.08 bits per heavy atom. The van der Waals surface area contributed by atoms with E-state index >= 15 is 0 Å². The summed E-state index contributed by atoms with van der Waals surface area (Å²) in [4.78, 5) is 26.9. The van der Waals surface area contributed by atoms with Crippen LogP contribution in [0.2, 0.25) is 5.02 Å². The Balaban J connectivity index is 1.76. The summed E-state index contributed by atoms with van der Waals surface area (Å²) in [6.45, 7) is 4.36. The number of carbonyl (C=O) groups is 2. The number of nitrogens with one attached hydrogen (secondary N) is 1. The molecule has 0 radical (unpaired) electrons. The van der Waals surface area contributed by atoms with Gasteiger partial charge in [0.1, 0.15) is 0 Å². The van der Waals surface area contributed by atoms with Gasteiger partial charge in [0.25, 0.3) is 0 Å². The standard InChI is InChI=1S/C20H20BrClN2O2/c1-3-13-6-4-5-7-18(13)24-11-14(9-19(24)25)20(26)23-17-10-16(22)15(21)8-12(17)2/h4-8,10,14H,3,9,11H2,1-2H3,(H,23,26)/t14-/m0/s1. The molecule has 1 heterocycles. The molecule has 26 heavy (non-hydrogen) atoms. The number of rotatable bonds is 4. The summed E-state index contributed by atoms with van der Waals surface area (Å²) in [6, 6.07) is 11.4. The Kier molecular flexibility index (Phi) is 5.68. The molecule has 0 bridgehead atoms. The fraction of sp³-hybridized carbons (Fsp3) is 0.300. The predicted molar refractivity (Wildman–Crippen MR) is 109 cm³/mol. The van der Waals surface area contributed by atoms with Crippen LogP contribution in [0, 0.1) is 12.8 Å². The van der Waals surface area contributed by atoms with Gasteiger partial charge in [-0.1, -0.05) is 36.7 Å². The van der Waals surface area contributed by atoms with E-state index in [1.807, 2.05) is 37.3 Å². The Morgan fingerprint density at radius 1 is 1.35 bits per heavy atom. The van der Waals surface area contributed by atoms with Crippen LogP contribution in [0.25, 0.3) is 0 Å². The van der Waals surface area contributed by atoms with Gasteiger partial charge in [-0.05, 0) is 58.6 Å². The van der Waals surface area contributed by atoms with Crippen LogP contribution in [0.3, 0.4) is 0 Å². The van der Waals surface area contributed by atoms with Gasteiger partial charge >= 0.3 is 0 Å². The average molecular weight is 436 g/mol. The first-order chi connectivity index (χ1) is 12.4. The largest absolute Gasteiger partial charge is 0.325 e. The molecule has 1 saturated heterocycles. The van der Waals surface area contributed by atoms with E-state index in [2.05, 4.69) is 28.2 Å². The average Bonchev–Trinajstić information content (AvgIpc) is 3.01. The van der Waals surface area contributed by atoms with Crippen LogP contribution in [0.1, 0.15) is 24.5 Å². The van der Waals surface area contributed by atoms with Crippen LogP contribution in [0.15, 0.2) is 40.9 Å². The summed E-state index contributed by atoms with van der Waals surface area (Å²) in [7, 11) is 0. The summed E-state index contributed by atoms with van der Waals surface area (Å²) < 4.78 is 0.785. The lowest BCUT2D eigenvalue weighted by molar-refractivity contribution is -0.122. The van der Waals surface area contributed by atoms with Gasteiger partial charge in [-0.15, -0.1) is 0 Å². The molecule has 0 saturated carbocycles. The molecule has 0 aliphatic carbocycles. The first-order valence-corrected chi connectivity index (χ1v) is 9.72. The Morgan fingerprint density at radius 3 is 2.81 bits per heavy atom. The quantitative estimate of drug-likeness (QED) is 0.737. The smallest absolute Gasteiger partial charge is 0.229 e. The molecule has 136 valence electrons. The number of hydrogen-bond acceptors (Lipinski definition) is 2. The first kappa shape index (κ1) is 18.9. The van der Waals surface area contributed by atoms with Crippen molar-refractivity contribution in [1.29, 1.82) is 0 Å². The SMILES string of the molecule is CCc1ccccc1N1C[C@@H](C(=O)Nc2cc(Cl)c(Br)cc2C)CC1=O. The van der Waals surface area contributed by atoms with Gasteiger partial charge in [0.2, 0.25) is 11.8 Å². The maximum Gasteiger partial charge on any atom is 0.229 e. The van der Waals surface area contributed by atoms with Crippen LogP contribution in [0.4, 0.5) is 11.4 Å². The summed E-state index contributed by atoms with van der Waals surface area (Å²) in [5, 5.41) is 3.45. The maximum absolute atomic E-state index is 12.7. The highest BCUT2D eigenvalue weighted by Gasteiger charge is 2.35. The third kappa shape index (κ3) is 3.79. The normalized spacial score (nSPS) is 16.8. The molecule has 3 rings (SSSR count). The van der Waals surface area contributed by atoms with Crippen LogP contribution in [0.5, 0.6) is 0 Å². The number of aryl methyl sites for hydroxylation is 2. The van der Waals surface area contributed by atoms with E-state index < -0.39 is 0 Å². The van der Waals surface area contributed by atoms with E-state index in [9.17, 15) is 9.59 Å². The number of anilines is 2. The molecular formula is C20H20BrClN2O2. The molecule has 1 fully saturated rings. The predicted octanol–water partition coefficient (Wildman–Crippen LogP) is 4.96.